The smallest absolute Gasteiger partial charge is 0.255 e. The first-order valence-electron chi connectivity index (χ1n) is 4.92. The van der Waals surface area contributed by atoms with Gasteiger partial charge in [-0.1, -0.05) is 11.6 Å². The molecule has 2 N–H and O–H groups in total. The maximum atomic E-state index is 11.8. The quantitative estimate of drug-likeness (QED) is 0.810. The van der Waals surface area contributed by atoms with Crippen molar-refractivity contribution in [2.24, 2.45) is 0 Å². The van der Waals surface area contributed by atoms with Crippen molar-refractivity contribution in [3.8, 4) is 5.75 Å². The summed E-state index contributed by atoms with van der Waals surface area (Å²) in [6, 6.07) is 3.99. The van der Waals surface area contributed by atoms with E-state index in [1.807, 2.05) is 0 Å². The minimum Gasteiger partial charge on any atom is -0.507 e. The van der Waals surface area contributed by atoms with Crippen LogP contribution in [0.1, 0.15) is 10.4 Å². The Morgan fingerprint density at radius 2 is 2.29 bits per heavy atom. The monoisotopic (exact) mass is 277 g/mol. The van der Waals surface area contributed by atoms with E-state index in [1.54, 1.807) is 0 Å². The van der Waals surface area contributed by atoms with Crippen LogP contribution in [0.2, 0.25) is 5.02 Å². The number of aromatic hydroxyl groups is 1. The average molecular weight is 278 g/mol. The molecule has 94 valence electrons. The Morgan fingerprint density at radius 3 is 2.82 bits per heavy atom. The number of alkyl halides is 1. The second-order valence-corrected chi connectivity index (χ2v) is 4.19. The van der Waals surface area contributed by atoms with Crippen molar-refractivity contribution in [1.29, 1.82) is 0 Å². The SMILES string of the molecule is COCC(CCl)NC(=O)c1ccc(Cl)cc1O. The molecular weight excluding hydrogens is 265 g/mol. The number of hydrogen-bond donors (Lipinski definition) is 2. The van der Waals surface area contributed by atoms with E-state index in [9.17, 15) is 9.90 Å². The van der Waals surface area contributed by atoms with Crippen LogP contribution in [0, 0.1) is 0 Å². The molecule has 0 bridgehead atoms. The predicted molar refractivity (Wildman–Crippen MR) is 67.0 cm³/mol. The van der Waals surface area contributed by atoms with Crippen LogP contribution < -0.4 is 5.32 Å². The van der Waals surface area contributed by atoms with Crippen LogP contribution in [0.25, 0.3) is 0 Å². The number of phenolic OH excluding ortho intramolecular Hbond substituents is 1. The molecule has 0 aromatic heterocycles. The average Bonchev–Trinajstić information content (AvgIpc) is 2.28. The zero-order chi connectivity index (χ0) is 12.8. The molecule has 0 aliphatic heterocycles. The normalized spacial score (nSPS) is 12.2. The van der Waals surface area contributed by atoms with Gasteiger partial charge in [0.2, 0.25) is 0 Å². The molecule has 6 heteroatoms. The van der Waals surface area contributed by atoms with Gasteiger partial charge in [-0.25, -0.2) is 0 Å². The van der Waals surface area contributed by atoms with Gasteiger partial charge in [-0.15, -0.1) is 11.6 Å². The standard InChI is InChI=1S/C11H13Cl2NO3/c1-17-6-8(5-12)14-11(16)9-3-2-7(13)4-10(9)15/h2-4,8,15H,5-6H2,1H3,(H,14,16). The van der Waals surface area contributed by atoms with E-state index in [2.05, 4.69) is 5.32 Å². The summed E-state index contributed by atoms with van der Waals surface area (Å²) in [4.78, 5) is 11.8. The van der Waals surface area contributed by atoms with Crippen molar-refractivity contribution in [2.75, 3.05) is 19.6 Å². The maximum Gasteiger partial charge on any atom is 0.255 e. The van der Waals surface area contributed by atoms with Crippen LogP contribution >= 0.6 is 23.2 Å². The summed E-state index contributed by atoms with van der Waals surface area (Å²) in [5.74, 6) is -0.351. The summed E-state index contributed by atoms with van der Waals surface area (Å²) < 4.78 is 4.90. The Morgan fingerprint density at radius 1 is 1.59 bits per heavy atom. The first kappa shape index (κ1) is 14.1. The fraction of sp³-hybridized carbons (Fsp3) is 0.364. The lowest BCUT2D eigenvalue weighted by Crippen LogP contribution is -2.39. The van der Waals surface area contributed by atoms with Crippen molar-refractivity contribution >= 4 is 29.1 Å². The van der Waals surface area contributed by atoms with Gasteiger partial charge in [0.05, 0.1) is 18.2 Å². The molecule has 1 atom stereocenters. The third-order valence-corrected chi connectivity index (χ3v) is 2.70. The minimum atomic E-state index is -0.415. The number of carbonyl (C=O) groups excluding carboxylic acids is 1. The van der Waals surface area contributed by atoms with Crippen molar-refractivity contribution < 1.29 is 14.6 Å². The topological polar surface area (TPSA) is 58.6 Å². The molecule has 1 amide bonds. The van der Waals surface area contributed by atoms with Gasteiger partial charge in [0.1, 0.15) is 5.75 Å². The van der Waals surface area contributed by atoms with Crippen molar-refractivity contribution in [1.82, 2.24) is 5.32 Å². The molecule has 0 spiro atoms. The highest BCUT2D eigenvalue weighted by Crippen LogP contribution is 2.21. The molecule has 4 nitrogen and oxygen atoms in total. The molecule has 1 aromatic rings. The van der Waals surface area contributed by atoms with Gasteiger partial charge in [0.15, 0.2) is 0 Å². The Hall–Kier alpha value is -0.970. The molecule has 1 aromatic carbocycles. The predicted octanol–water partition coefficient (Wildman–Crippen LogP) is 2.03. The molecule has 0 fully saturated rings. The number of halogens is 2. The number of nitrogens with one attached hydrogen (secondary N) is 1. The number of carbonyl (C=O) groups is 1. The zero-order valence-corrected chi connectivity index (χ0v) is 10.8. The van der Waals surface area contributed by atoms with Crippen LogP contribution in [0.5, 0.6) is 5.75 Å². The fourth-order valence-electron chi connectivity index (χ4n) is 1.29. The lowest BCUT2D eigenvalue weighted by molar-refractivity contribution is 0.0904. The molecule has 0 saturated heterocycles. The number of amides is 1. The Balaban J connectivity index is 2.75. The minimum absolute atomic E-state index is 0.153. The highest BCUT2D eigenvalue weighted by molar-refractivity contribution is 6.30. The zero-order valence-electron chi connectivity index (χ0n) is 9.24. The summed E-state index contributed by atoms with van der Waals surface area (Å²) in [5, 5.41) is 12.6. The van der Waals surface area contributed by atoms with E-state index in [0.717, 1.165) is 0 Å². The Kier molecular flexibility index (Phi) is 5.55. The lowest BCUT2D eigenvalue weighted by Gasteiger charge is -2.15. The Labute approximate surface area is 109 Å². The molecule has 1 unspecified atom stereocenters. The van der Waals surface area contributed by atoms with E-state index >= 15 is 0 Å². The second kappa shape index (κ2) is 6.69. The number of phenols is 1. The van der Waals surface area contributed by atoms with Crippen molar-refractivity contribution in [3.63, 3.8) is 0 Å². The molecule has 0 aliphatic carbocycles. The molecule has 1 rings (SSSR count). The van der Waals surface area contributed by atoms with Gasteiger partial charge >= 0.3 is 0 Å². The second-order valence-electron chi connectivity index (χ2n) is 3.44. The van der Waals surface area contributed by atoms with Crippen LogP contribution in [0.15, 0.2) is 18.2 Å². The number of hydrogen-bond acceptors (Lipinski definition) is 3. The summed E-state index contributed by atoms with van der Waals surface area (Å²) in [6.45, 7) is 0.309. The van der Waals surface area contributed by atoms with Gasteiger partial charge in [-0.3, -0.25) is 4.79 Å². The highest BCUT2D eigenvalue weighted by Gasteiger charge is 2.15. The third-order valence-electron chi connectivity index (χ3n) is 2.09. The van der Waals surface area contributed by atoms with Gasteiger partial charge in [0, 0.05) is 18.0 Å². The summed E-state index contributed by atoms with van der Waals surface area (Å²) in [7, 11) is 1.52. The highest BCUT2D eigenvalue weighted by atomic mass is 35.5. The van der Waals surface area contributed by atoms with Gasteiger partial charge in [-0.2, -0.15) is 0 Å². The first-order valence-corrected chi connectivity index (χ1v) is 5.84. The number of benzene rings is 1. The molecule has 0 aliphatic rings. The summed E-state index contributed by atoms with van der Waals surface area (Å²) in [5.41, 5.74) is 0.153. The number of rotatable bonds is 5. The van der Waals surface area contributed by atoms with Gasteiger partial charge in [-0.05, 0) is 18.2 Å². The number of methoxy groups -OCH3 is 1. The maximum absolute atomic E-state index is 11.8. The fourth-order valence-corrected chi connectivity index (χ4v) is 1.62. The summed E-state index contributed by atoms with van der Waals surface area (Å²) >= 11 is 11.3. The van der Waals surface area contributed by atoms with E-state index in [4.69, 9.17) is 27.9 Å². The Bertz CT molecular complexity index is 398. The van der Waals surface area contributed by atoms with Crippen LogP contribution in [-0.4, -0.2) is 36.7 Å². The van der Waals surface area contributed by atoms with E-state index in [1.165, 1.54) is 25.3 Å². The molecule has 0 saturated carbocycles. The first-order chi connectivity index (χ1) is 8.08. The van der Waals surface area contributed by atoms with E-state index < -0.39 is 5.91 Å². The van der Waals surface area contributed by atoms with Gasteiger partial charge < -0.3 is 15.2 Å². The van der Waals surface area contributed by atoms with Crippen LogP contribution in [0.4, 0.5) is 0 Å². The summed E-state index contributed by atoms with van der Waals surface area (Å²) in [6.07, 6.45) is 0. The van der Waals surface area contributed by atoms with Gasteiger partial charge in [0.25, 0.3) is 5.91 Å². The molecular formula is C11H13Cl2NO3. The molecule has 0 heterocycles. The van der Waals surface area contributed by atoms with E-state index in [-0.39, 0.29) is 23.2 Å². The van der Waals surface area contributed by atoms with Crippen LogP contribution in [0.3, 0.4) is 0 Å². The lowest BCUT2D eigenvalue weighted by atomic mass is 10.2. The van der Waals surface area contributed by atoms with Crippen LogP contribution in [-0.2, 0) is 4.74 Å². The third kappa shape index (κ3) is 4.07. The van der Waals surface area contributed by atoms with Crippen molar-refractivity contribution in [3.05, 3.63) is 28.8 Å². The molecule has 17 heavy (non-hydrogen) atoms. The molecule has 0 radical (unpaired) electrons. The van der Waals surface area contributed by atoms with Crippen molar-refractivity contribution in [2.45, 2.75) is 6.04 Å². The van der Waals surface area contributed by atoms with E-state index in [0.29, 0.717) is 11.6 Å². The number of ether oxygens (including phenoxy) is 1. The largest absolute Gasteiger partial charge is 0.507 e.